The van der Waals surface area contributed by atoms with Crippen molar-refractivity contribution in [2.45, 2.75) is 32.9 Å². The van der Waals surface area contributed by atoms with E-state index in [0.29, 0.717) is 19.0 Å². The number of carbonyl (C=O) groups excluding carboxylic acids is 2. The van der Waals surface area contributed by atoms with E-state index in [9.17, 15) is 9.59 Å². The third-order valence-electron chi connectivity index (χ3n) is 3.25. The van der Waals surface area contributed by atoms with Gasteiger partial charge in [0.15, 0.2) is 5.82 Å². The van der Waals surface area contributed by atoms with Gasteiger partial charge in [0.05, 0.1) is 6.67 Å². The lowest BCUT2D eigenvalue weighted by molar-refractivity contribution is -0.129. The van der Waals surface area contributed by atoms with Crippen LogP contribution in [0.4, 0.5) is 0 Å². The SMILES string of the molecule is CCCC1CC(=O)N(Cn2ccnc2C(N)=O)C1. The fourth-order valence-electron chi connectivity index (χ4n) is 2.42. The van der Waals surface area contributed by atoms with Crippen molar-refractivity contribution in [3.8, 4) is 0 Å². The summed E-state index contributed by atoms with van der Waals surface area (Å²) < 4.78 is 1.62. The molecule has 2 amide bonds. The van der Waals surface area contributed by atoms with Gasteiger partial charge in [-0.2, -0.15) is 0 Å². The first-order valence-electron chi connectivity index (χ1n) is 6.20. The van der Waals surface area contributed by atoms with Gasteiger partial charge in [-0.15, -0.1) is 0 Å². The summed E-state index contributed by atoms with van der Waals surface area (Å²) in [5, 5.41) is 0. The number of rotatable bonds is 5. The molecule has 0 spiro atoms. The van der Waals surface area contributed by atoms with Gasteiger partial charge in [0, 0.05) is 25.4 Å². The van der Waals surface area contributed by atoms with Crippen LogP contribution >= 0.6 is 0 Å². The minimum atomic E-state index is -0.572. The summed E-state index contributed by atoms with van der Waals surface area (Å²) in [6, 6.07) is 0. The molecule has 0 saturated carbocycles. The zero-order valence-electron chi connectivity index (χ0n) is 10.5. The number of likely N-dealkylation sites (tertiary alicyclic amines) is 1. The van der Waals surface area contributed by atoms with Gasteiger partial charge in [0.25, 0.3) is 5.91 Å². The molecule has 0 aromatic carbocycles. The summed E-state index contributed by atoms with van der Waals surface area (Å²) in [6.45, 7) is 3.23. The molecular weight excluding hydrogens is 232 g/mol. The minimum Gasteiger partial charge on any atom is -0.363 e. The van der Waals surface area contributed by atoms with Gasteiger partial charge in [-0.1, -0.05) is 13.3 Å². The molecule has 6 nitrogen and oxygen atoms in total. The average molecular weight is 250 g/mol. The summed E-state index contributed by atoms with van der Waals surface area (Å²) in [5.41, 5.74) is 5.22. The Kier molecular flexibility index (Phi) is 3.64. The van der Waals surface area contributed by atoms with Crippen molar-refractivity contribution in [3.63, 3.8) is 0 Å². The first-order chi connectivity index (χ1) is 8.61. The number of primary amides is 1. The van der Waals surface area contributed by atoms with Crippen molar-refractivity contribution >= 4 is 11.8 Å². The molecule has 1 atom stereocenters. The Balaban J connectivity index is 2.03. The summed E-state index contributed by atoms with van der Waals surface area (Å²) in [4.78, 5) is 28.6. The normalized spacial score (nSPS) is 19.5. The van der Waals surface area contributed by atoms with Crippen LogP contribution in [-0.2, 0) is 11.5 Å². The average Bonchev–Trinajstić information content (AvgIpc) is 2.88. The van der Waals surface area contributed by atoms with E-state index in [4.69, 9.17) is 5.73 Å². The van der Waals surface area contributed by atoms with Crippen LogP contribution < -0.4 is 5.73 Å². The molecule has 1 aromatic rings. The highest BCUT2D eigenvalue weighted by Gasteiger charge is 2.29. The molecule has 0 radical (unpaired) electrons. The Morgan fingerprint density at radius 3 is 3.06 bits per heavy atom. The summed E-state index contributed by atoms with van der Waals surface area (Å²) in [5.74, 6) is 0.194. The van der Waals surface area contributed by atoms with Crippen molar-refractivity contribution in [1.29, 1.82) is 0 Å². The fraction of sp³-hybridized carbons (Fsp3) is 0.583. The molecule has 1 aromatic heterocycles. The molecule has 1 saturated heterocycles. The third kappa shape index (κ3) is 2.52. The van der Waals surface area contributed by atoms with Gasteiger partial charge in [-0.05, 0) is 12.3 Å². The van der Waals surface area contributed by atoms with Crippen molar-refractivity contribution in [1.82, 2.24) is 14.5 Å². The van der Waals surface area contributed by atoms with Gasteiger partial charge in [0.1, 0.15) is 0 Å². The molecule has 1 fully saturated rings. The molecule has 2 N–H and O–H groups in total. The Hall–Kier alpha value is -1.85. The summed E-state index contributed by atoms with van der Waals surface area (Å²) >= 11 is 0. The Bertz CT molecular complexity index is 455. The van der Waals surface area contributed by atoms with E-state index in [1.807, 2.05) is 0 Å². The molecule has 0 aliphatic carbocycles. The molecular formula is C12H18N4O2. The van der Waals surface area contributed by atoms with E-state index < -0.39 is 5.91 Å². The second-order valence-corrected chi connectivity index (χ2v) is 4.70. The highest BCUT2D eigenvalue weighted by molar-refractivity contribution is 5.89. The number of carbonyl (C=O) groups is 2. The molecule has 6 heteroatoms. The number of nitrogens with zero attached hydrogens (tertiary/aromatic N) is 3. The maximum absolute atomic E-state index is 11.8. The molecule has 1 aliphatic rings. The molecule has 18 heavy (non-hydrogen) atoms. The lowest BCUT2D eigenvalue weighted by Gasteiger charge is -2.18. The Labute approximate surface area is 106 Å². The van der Waals surface area contributed by atoms with Crippen molar-refractivity contribution in [2.24, 2.45) is 11.7 Å². The Morgan fingerprint density at radius 1 is 1.61 bits per heavy atom. The molecule has 1 unspecified atom stereocenters. The number of aromatic nitrogens is 2. The number of hydrogen-bond donors (Lipinski definition) is 1. The monoisotopic (exact) mass is 250 g/mol. The second-order valence-electron chi connectivity index (χ2n) is 4.70. The van der Waals surface area contributed by atoms with E-state index in [1.54, 1.807) is 15.7 Å². The van der Waals surface area contributed by atoms with Crippen molar-refractivity contribution in [3.05, 3.63) is 18.2 Å². The lowest BCUT2D eigenvalue weighted by Crippen LogP contribution is -2.30. The predicted molar refractivity (Wildman–Crippen MR) is 65.5 cm³/mol. The minimum absolute atomic E-state index is 0.137. The van der Waals surface area contributed by atoms with Crippen LogP contribution in [0.5, 0.6) is 0 Å². The van der Waals surface area contributed by atoms with Crippen molar-refractivity contribution < 1.29 is 9.59 Å². The third-order valence-corrected chi connectivity index (χ3v) is 3.25. The molecule has 2 heterocycles. The van der Waals surface area contributed by atoms with E-state index in [0.717, 1.165) is 19.4 Å². The summed E-state index contributed by atoms with van der Waals surface area (Å²) in [7, 11) is 0. The highest BCUT2D eigenvalue weighted by atomic mass is 16.2. The van der Waals surface area contributed by atoms with Gasteiger partial charge >= 0.3 is 0 Å². The van der Waals surface area contributed by atoms with Gasteiger partial charge in [-0.3, -0.25) is 9.59 Å². The maximum Gasteiger partial charge on any atom is 0.284 e. The molecule has 0 bridgehead atoms. The molecule has 2 rings (SSSR count). The van der Waals surface area contributed by atoms with Gasteiger partial charge < -0.3 is 15.2 Å². The van der Waals surface area contributed by atoms with Crippen LogP contribution in [-0.4, -0.2) is 32.8 Å². The Morgan fingerprint density at radius 2 is 2.39 bits per heavy atom. The molecule has 1 aliphatic heterocycles. The van der Waals surface area contributed by atoms with Crippen LogP contribution in [0.15, 0.2) is 12.4 Å². The zero-order chi connectivity index (χ0) is 13.1. The van der Waals surface area contributed by atoms with E-state index in [2.05, 4.69) is 11.9 Å². The summed E-state index contributed by atoms with van der Waals surface area (Å²) in [6.07, 6.45) is 5.94. The van der Waals surface area contributed by atoms with E-state index >= 15 is 0 Å². The smallest absolute Gasteiger partial charge is 0.284 e. The number of nitrogens with two attached hydrogens (primary N) is 1. The fourth-order valence-corrected chi connectivity index (χ4v) is 2.42. The number of hydrogen-bond acceptors (Lipinski definition) is 3. The van der Waals surface area contributed by atoms with E-state index in [1.165, 1.54) is 6.20 Å². The lowest BCUT2D eigenvalue weighted by atomic mass is 10.0. The predicted octanol–water partition coefficient (Wildman–Crippen LogP) is 0.588. The number of amides is 2. The quantitative estimate of drug-likeness (QED) is 0.830. The second kappa shape index (κ2) is 5.20. The first kappa shape index (κ1) is 12.6. The maximum atomic E-state index is 11.8. The largest absolute Gasteiger partial charge is 0.363 e. The van der Waals surface area contributed by atoms with Crippen LogP contribution in [0.3, 0.4) is 0 Å². The van der Waals surface area contributed by atoms with Gasteiger partial charge in [0.2, 0.25) is 5.91 Å². The van der Waals surface area contributed by atoms with Crippen LogP contribution in [0.25, 0.3) is 0 Å². The van der Waals surface area contributed by atoms with Gasteiger partial charge in [-0.25, -0.2) is 4.98 Å². The van der Waals surface area contributed by atoms with Crippen LogP contribution in [0, 0.1) is 5.92 Å². The van der Waals surface area contributed by atoms with Crippen LogP contribution in [0.1, 0.15) is 36.8 Å². The van der Waals surface area contributed by atoms with Crippen LogP contribution in [0.2, 0.25) is 0 Å². The standard InChI is InChI=1S/C12H18N4O2/c1-2-3-9-6-10(17)16(7-9)8-15-5-4-14-12(15)11(13)18/h4-5,9H,2-3,6-8H2,1H3,(H2,13,18). The zero-order valence-corrected chi connectivity index (χ0v) is 10.5. The number of imidazole rings is 1. The van der Waals surface area contributed by atoms with Crippen molar-refractivity contribution in [2.75, 3.05) is 6.54 Å². The highest BCUT2D eigenvalue weighted by Crippen LogP contribution is 2.22. The topological polar surface area (TPSA) is 81.2 Å². The van der Waals surface area contributed by atoms with E-state index in [-0.39, 0.29) is 11.7 Å². The molecule has 98 valence electrons. The first-order valence-corrected chi connectivity index (χ1v) is 6.20.